The number of nitrogens with one attached hydrogen (secondary N) is 1. The van der Waals surface area contributed by atoms with Crippen molar-refractivity contribution in [3.63, 3.8) is 0 Å². The Morgan fingerprint density at radius 3 is 2.48 bits per heavy atom. The third-order valence-electron chi connectivity index (χ3n) is 3.59. The Bertz CT molecular complexity index is 958. The number of aryl methyl sites for hydroxylation is 1. The number of hydrogen-bond donors (Lipinski definition) is 1. The minimum absolute atomic E-state index is 0.174. The van der Waals surface area contributed by atoms with Gasteiger partial charge in [0.25, 0.3) is 5.91 Å². The SMILES string of the molecule is CCOC(=O)c1cc(CC)sc1NC(=O)COC(=O)c1ccc([N+](=O)[O-])c(F)c1. The summed E-state index contributed by atoms with van der Waals surface area (Å²) in [6.45, 7) is 3.02. The molecular weight excluding hydrogens is 407 g/mol. The molecule has 2 rings (SSSR count). The predicted octanol–water partition coefficient (Wildman–Crippen LogP) is 3.33. The molecule has 1 aromatic carbocycles. The number of halogens is 1. The second kappa shape index (κ2) is 9.73. The van der Waals surface area contributed by atoms with Crippen LogP contribution in [0, 0.1) is 15.9 Å². The van der Waals surface area contributed by atoms with Gasteiger partial charge in [-0.2, -0.15) is 4.39 Å². The Labute approximate surface area is 168 Å². The number of amides is 1. The lowest BCUT2D eigenvalue weighted by Crippen LogP contribution is -2.21. The number of carbonyl (C=O) groups is 3. The van der Waals surface area contributed by atoms with Crippen LogP contribution < -0.4 is 5.32 Å². The van der Waals surface area contributed by atoms with E-state index in [1.807, 2.05) is 6.92 Å². The number of esters is 2. The molecule has 154 valence electrons. The van der Waals surface area contributed by atoms with Crippen LogP contribution in [0.2, 0.25) is 0 Å². The van der Waals surface area contributed by atoms with Crippen LogP contribution in [0.15, 0.2) is 24.3 Å². The lowest BCUT2D eigenvalue weighted by Gasteiger charge is -2.07. The van der Waals surface area contributed by atoms with Gasteiger partial charge < -0.3 is 14.8 Å². The number of benzene rings is 1. The largest absolute Gasteiger partial charge is 0.462 e. The van der Waals surface area contributed by atoms with Gasteiger partial charge in [0, 0.05) is 10.9 Å². The molecule has 0 unspecified atom stereocenters. The van der Waals surface area contributed by atoms with Crippen LogP contribution in [0.4, 0.5) is 15.1 Å². The third-order valence-corrected chi connectivity index (χ3v) is 4.79. The van der Waals surface area contributed by atoms with Gasteiger partial charge in [0.15, 0.2) is 6.61 Å². The van der Waals surface area contributed by atoms with Crippen LogP contribution in [-0.2, 0) is 20.7 Å². The number of carbonyl (C=O) groups excluding carboxylic acids is 3. The Balaban J connectivity index is 2.02. The van der Waals surface area contributed by atoms with Crippen LogP contribution in [0.5, 0.6) is 0 Å². The van der Waals surface area contributed by atoms with Crippen molar-refractivity contribution < 1.29 is 33.2 Å². The molecule has 1 amide bonds. The highest BCUT2D eigenvalue weighted by Gasteiger charge is 2.21. The zero-order valence-electron chi connectivity index (χ0n) is 15.5. The number of nitro benzene ring substituents is 1. The molecule has 0 aliphatic heterocycles. The van der Waals surface area contributed by atoms with Crippen LogP contribution in [-0.4, -0.2) is 36.0 Å². The van der Waals surface area contributed by atoms with Crippen molar-refractivity contribution in [1.29, 1.82) is 0 Å². The summed E-state index contributed by atoms with van der Waals surface area (Å²) in [7, 11) is 0. The average Bonchev–Trinajstić information content (AvgIpc) is 3.08. The van der Waals surface area contributed by atoms with E-state index in [9.17, 15) is 28.9 Å². The van der Waals surface area contributed by atoms with Gasteiger partial charge in [-0.3, -0.25) is 14.9 Å². The summed E-state index contributed by atoms with van der Waals surface area (Å²) < 4.78 is 23.3. The summed E-state index contributed by atoms with van der Waals surface area (Å²) in [6.07, 6.45) is 0.646. The van der Waals surface area contributed by atoms with Crippen molar-refractivity contribution in [2.75, 3.05) is 18.5 Å². The summed E-state index contributed by atoms with van der Waals surface area (Å²) in [5.41, 5.74) is -0.862. The molecule has 0 radical (unpaired) electrons. The summed E-state index contributed by atoms with van der Waals surface area (Å²) in [4.78, 5) is 46.5. The number of ether oxygens (including phenoxy) is 2. The molecule has 0 aliphatic carbocycles. The van der Waals surface area contributed by atoms with Gasteiger partial charge in [-0.15, -0.1) is 11.3 Å². The topological polar surface area (TPSA) is 125 Å². The monoisotopic (exact) mass is 424 g/mol. The number of rotatable bonds is 8. The molecule has 29 heavy (non-hydrogen) atoms. The number of nitro groups is 1. The van der Waals surface area contributed by atoms with Gasteiger partial charge in [0.05, 0.1) is 22.7 Å². The van der Waals surface area contributed by atoms with E-state index in [1.165, 1.54) is 11.3 Å². The van der Waals surface area contributed by atoms with E-state index in [-0.39, 0.29) is 22.7 Å². The summed E-state index contributed by atoms with van der Waals surface area (Å²) >= 11 is 1.19. The first-order chi connectivity index (χ1) is 13.8. The molecule has 0 fully saturated rings. The van der Waals surface area contributed by atoms with Gasteiger partial charge in [0.1, 0.15) is 5.00 Å². The number of nitrogens with zero attached hydrogens (tertiary/aromatic N) is 1. The molecule has 0 atom stereocenters. The van der Waals surface area contributed by atoms with Crippen molar-refractivity contribution in [2.24, 2.45) is 0 Å². The summed E-state index contributed by atoms with van der Waals surface area (Å²) in [5, 5.41) is 13.3. The van der Waals surface area contributed by atoms with Gasteiger partial charge in [0.2, 0.25) is 5.82 Å². The molecule has 1 aromatic heterocycles. The van der Waals surface area contributed by atoms with Gasteiger partial charge in [-0.1, -0.05) is 6.92 Å². The van der Waals surface area contributed by atoms with Crippen molar-refractivity contribution in [2.45, 2.75) is 20.3 Å². The smallest absolute Gasteiger partial charge is 0.341 e. The fraction of sp³-hybridized carbons (Fsp3) is 0.278. The van der Waals surface area contributed by atoms with Gasteiger partial charge in [-0.25, -0.2) is 9.59 Å². The van der Waals surface area contributed by atoms with E-state index in [0.29, 0.717) is 12.5 Å². The van der Waals surface area contributed by atoms with Crippen molar-refractivity contribution in [3.8, 4) is 0 Å². The van der Waals surface area contributed by atoms with Crippen LogP contribution >= 0.6 is 11.3 Å². The fourth-order valence-corrected chi connectivity index (χ4v) is 3.23. The lowest BCUT2D eigenvalue weighted by molar-refractivity contribution is -0.387. The summed E-state index contributed by atoms with van der Waals surface area (Å²) in [5.74, 6) is -3.52. The van der Waals surface area contributed by atoms with Crippen LogP contribution in [0.25, 0.3) is 0 Å². The number of anilines is 1. The molecule has 11 heteroatoms. The van der Waals surface area contributed by atoms with E-state index >= 15 is 0 Å². The van der Waals surface area contributed by atoms with Crippen LogP contribution in [0.3, 0.4) is 0 Å². The van der Waals surface area contributed by atoms with Crippen molar-refractivity contribution >= 4 is 39.9 Å². The molecule has 0 saturated heterocycles. The molecule has 1 N–H and O–H groups in total. The van der Waals surface area contributed by atoms with E-state index in [0.717, 1.165) is 17.0 Å². The first kappa shape index (κ1) is 22.0. The Hall–Kier alpha value is -3.34. The first-order valence-corrected chi connectivity index (χ1v) is 9.29. The second-order valence-electron chi connectivity index (χ2n) is 5.58. The first-order valence-electron chi connectivity index (χ1n) is 8.47. The lowest BCUT2D eigenvalue weighted by atomic mass is 10.2. The number of thiophene rings is 1. The molecule has 0 saturated carbocycles. The average molecular weight is 424 g/mol. The maximum absolute atomic E-state index is 13.6. The van der Waals surface area contributed by atoms with Crippen molar-refractivity contribution in [3.05, 3.63) is 56.2 Å². The quantitative estimate of drug-likeness (QED) is 0.391. The highest BCUT2D eigenvalue weighted by atomic mass is 32.1. The molecule has 0 spiro atoms. The zero-order chi connectivity index (χ0) is 21.6. The van der Waals surface area contributed by atoms with Gasteiger partial charge >= 0.3 is 17.6 Å². The molecular formula is C18H17FN2O7S. The highest BCUT2D eigenvalue weighted by molar-refractivity contribution is 7.16. The van der Waals surface area contributed by atoms with Crippen molar-refractivity contribution in [1.82, 2.24) is 0 Å². The standard InChI is InChI=1S/C18H17FN2O7S/c1-3-11-8-12(18(24)27-4-2)16(29-11)20-15(22)9-28-17(23)10-5-6-14(21(25)26)13(19)7-10/h5-8H,3-4,9H2,1-2H3,(H,20,22). The predicted molar refractivity (Wildman–Crippen MR) is 102 cm³/mol. The molecule has 0 aliphatic rings. The Morgan fingerprint density at radius 1 is 1.17 bits per heavy atom. The Kier molecular flexibility index (Phi) is 7.37. The maximum Gasteiger partial charge on any atom is 0.341 e. The van der Waals surface area contributed by atoms with E-state index in [4.69, 9.17) is 9.47 Å². The fourth-order valence-electron chi connectivity index (χ4n) is 2.23. The van der Waals surface area contributed by atoms with Crippen LogP contribution in [0.1, 0.15) is 39.4 Å². The second-order valence-corrected chi connectivity index (χ2v) is 6.71. The molecule has 1 heterocycles. The minimum atomic E-state index is -1.20. The minimum Gasteiger partial charge on any atom is -0.462 e. The Morgan fingerprint density at radius 2 is 1.90 bits per heavy atom. The summed E-state index contributed by atoms with van der Waals surface area (Å²) in [6, 6.07) is 4.12. The normalized spacial score (nSPS) is 10.3. The number of hydrogen-bond acceptors (Lipinski definition) is 8. The molecule has 9 nitrogen and oxygen atoms in total. The maximum atomic E-state index is 13.6. The molecule has 2 aromatic rings. The highest BCUT2D eigenvalue weighted by Crippen LogP contribution is 2.29. The van der Waals surface area contributed by atoms with Gasteiger partial charge in [-0.05, 0) is 31.5 Å². The van der Waals surface area contributed by atoms with E-state index in [2.05, 4.69) is 5.32 Å². The third kappa shape index (κ3) is 5.57. The van der Waals surface area contributed by atoms with E-state index < -0.39 is 40.9 Å². The molecule has 0 bridgehead atoms. The van der Waals surface area contributed by atoms with E-state index in [1.54, 1.807) is 13.0 Å². The zero-order valence-corrected chi connectivity index (χ0v) is 16.3.